The van der Waals surface area contributed by atoms with E-state index in [9.17, 15) is 18.0 Å². The molecule has 0 heterocycles. The molecule has 0 saturated carbocycles. The quantitative estimate of drug-likeness (QED) is 0.721. The average Bonchev–Trinajstić information content (AvgIpc) is 2.28. The number of sulfone groups is 1. The Labute approximate surface area is 123 Å². The van der Waals surface area contributed by atoms with Crippen molar-refractivity contribution in [2.75, 3.05) is 17.3 Å². The fourth-order valence-corrected chi connectivity index (χ4v) is 2.76. The van der Waals surface area contributed by atoms with Crippen molar-refractivity contribution < 1.29 is 23.1 Å². The zero-order chi connectivity index (χ0) is 16.0. The maximum absolute atomic E-state index is 11.7. The number of urea groups is 1. The number of rotatable bonds is 6. The fraction of sp³-hybridized carbons (Fsp3) is 0.385. The Morgan fingerprint density at radius 3 is 2.29 bits per heavy atom. The lowest BCUT2D eigenvalue weighted by molar-refractivity contribution is -0.136. The van der Waals surface area contributed by atoms with Gasteiger partial charge in [0, 0.05) is 18.0 Å². The molecule has 1 unspecified atom stereocenters. The van der Waals surface area contributed by atoms with Crippen LogP contribution in [-0.2, 0) is 21.1 Å². The van der Waals surface area contributed by atoms with E-state index >= 15 is 0 Å². The van der Waals surface area contributed by atoms with Gasteiger partial charge in [0.1, 0.15) is 9.84 Å². The van der Waals surface area contributed by atoms with Gasteiger partial charge in [0.25, 0.3) is 0 Å². The molecule has 0 saturated heterocycles. The summed E-state index contributed by atoms with van der Waals surface area (Å²) >= 11 is 0. The Kier molecular flexibility index (Phi) is 5.71. The molecule has 1 rings (SSSR count). The van der Waals surface area contributed by atoms with Gasteiger partial charge in [-0.25, -0.2) is 13.2 Å². The van der Waals surface area contributed by atoms with Crippen LogP contribution in [0.15, 0.2) is 24.3 Å². The summed E-state index contributed by atoms with van der Waals surface area (Å²) in [5.41, 5.74) is 1.12. The number of benzene rings is 1. The van der Waals surface area contributed by atoms with E-state index in [1.807, 2.05) is 0 Å². The summed E-state index contributed by atoms with van der Waals surface area (Å²) < 4.78 is 22.2. The van der Waals surface area contributed by atoms with Gasteiger partial charge in [-0.1, -0.05) is 12.1 Å². The van der Waals surface area contributed by atoms with Crippen molar-refractivity contribution in [3.63, 3.8) is 0 Å². The molecule has 2 amide bonds. The minimum absolute atomic E-state index is 0.0854. The minimum Gasteiger partial charge on any atom is -0.481 e. The monoisotopic (exact) mass is 314 g/mol. The molecule has 0 fully saturated rings. The zero-order valence-electron chi connectivity index (χ0n) is 11.8. The molecule has 21 heavy (non-hydrogen) atoms. The number of carboxylic acid groups (broad SMARTS) is 1. The van der Waals surface area contributed by atoms with Gasteiger partial charge in [-0.05, 0) is 24.6 Å². The second-order valence-electron chi connectivity index (χ2n) is 4.86. The number of hydrogen-bond donors (Lipinski definition) is 3. The summed E-state index contributed by atoms with van der Waals surface area (Å²) in [5.74, 6) is -1.07. The molecule has 0 radical (unpaired) electrons. The van der Waals surface area contributed by atoms with Crippen LogP contribution < -0.4 is 10.6 Å². The first kappa shape index (κ1) is 17.0. The summed E-state index contributed by atoms with van der Waals surface area (Å²) in [4.78, 5) is 22.2. The summed E-state index contributed by atoms with van der Waals surface area (Å²) in [7, 11) is -3.16. The molecule has 3 N–H and O–H groups in total. The van der Waals surface area contributed by atoms with Crippen molar-refractivity contribution in [3.8, 4) is 0 Å². The fourth-order valence-electron chi connectivity index (χ4n) is 1.77. The van der Waals surface area contributed by atoms with Crippen molar-refractivity contribution in [3.05, 3.63) is 29.8 Å². The normalized spacial score (nSPS) is 12.5. The van der Waals surface area contributed by atoms with Gasteiger partial charge in [-0.15, -0.1) is 0 Å². The van der Waals surface area contributed by atoms with E-state index < -0.39 is 27.9 Å². The van der Waals surface area contributed by atoms with E-state index in [0.717, 1.165) is 6.26 Å². The second kappa shape index (κ2) is 7.07. The lowest BCUT2D eigenvalue weighted by Gasteiger charge is -2.13. The summed E-state index contributed by atoms with van der Waals surface area (Å²) in [6.45, 7) is 1.59. The number of carboxylic acids is 1. The van der Waals surface area contributed by atoms with E-state index in [1.54, 1.807) is 31.2 Å². The molecule has 1 atom stereocenters. The van der Waals surface area contributed by atoms with Crippen molar-refractivity contribution in [2.24, 2.45) is 0 Å². The Hall–Kier alpha value is -2.09. The zero-order valence-corrected chi connectivity index (χ0v) is 12.6. The SMILES string of the molecule is CC(CS(C)(=O)=O)NC(=O)Nc1ccc(CC(=O)O)cc1. The van der Waals surface area contributed by atoms with Gasteiger partial charge >= 0.3 is 12.0 Å². The van der Waals surface area contributed by atoms with Gasteiger partial charge < -0.3 is 15.7 Å². The van der Waals surface area contributed by atoms with Crippen LogP contribution >= 0.6 is 0 Å². The maximum Gasteiger partial charge on any atom is 0.319 e. The third-order valence-corrected chi connectivity index (χ3v) is 3.60. The Balaban J connectivity index is 2.53. The number of hydrogen-bond acceptors (Lipinski definition) is 4. The van der Waals surface area contributed by atoms with Gasteiger partial charge in [0.2, 0.25) is 0 Å². The van der Waals surface area contributed by atoms with Crippen LogP contribution in [0.4, 0.5) is 10.5 Å². The van der Waals surface area contributed by atoms with Gasteiger partial charge in [0.15, 0.2) is 0 Å². The highest BCUT2D eigenvalue weighted by Gasteiger charge is 2.13. The van der Waals surface area contributed by atoms with Crippen molar-refractivity contribution in [1.29, 1.82) is 0 Å². The van der Waals surface area contributed by atoms with E-state index in [0.29, 0.717) is 11.3 Å². The van der Waals surface area contributed by atoms with Crippen molar-refractivity contribution in [2.45, 2.75) is 19.4 Å². The topological polar surface area (TPSA) is 113 Å². The van der Waals surface area contributed by atoms with Crippen LogP contribution in [-0.4, -0.2) is 43.6 Å². The molecule has 7 nitrogen and oxygen atoms in total. The molecular weight excluding hydrogens is 296 g/mol. The molecule has 116 valence electrons. The molecule has 0 aromatic heterocycles. The third kappa shape index (κ3) is 7.31. The van der Waals surface area contributed by atoms with Crippen LogP contribution in [0.3, 0.4) is 0 Å². The number of carbonyl (C=O) groups is 2. The summed E-state index contributed by atoms with van der Waals surface area (Å²) in [5, 5.41) is 13.7. The van der Waals surface area contributed by atoms with Crippen LogP contribution in [0.5, 0.6) is 0 Å². The van der Waals surface area contributed by atoms with E-state index in [1.165, 1.54) is 0 Å². The third-order valence-electron chi connectivity index (χ3n) is 2.50. The molecule has 0 aliphatic carbocycles. The maximum atomic E-state index is 11.7. The minimum atomic E-state index is -3.16. The molecule has 0 spiro atoms. The molecule has 0 bridgehead atoms. The number of anilines is 1. The Bertz CT molecular complexity index is 610. The lowest BCUT2D eigenvalue weighted by Crippen LogP contribution is -2.39. The Morgan fingerprint density at radius 2 is 1.81 bits per heavy atom. The predicted octanol–water partition coefficient (Wildman–Crippen LogP) is 0.868. The van der Waals surface area contributed by atoms with Crippen LogP contribution in [0.2, 0.25) is 0 Å². The molecule has 1 aromatic carbocycles. The van der Waals surface area contributed by atoms with E-state index in [-0.39, 0.29) is 12.2 Å². The lowest BCUT2D eigenvalue weighted by atomic mass is 10.1. The first-order valence-corrected chi connectivity index (χ1v) is 8.28. The predicted molar refractivity (Wildman–Crippen MR) is 79.1 cm³/mol. The van der Waals surface area contributed by atoms with Crippen LogP contribution in [0, 0.1) is 0 Å². The van der Waals surface area contributed by atoms with E-state index in [2.05, 4.69) is 10.6 Å². The highest BCUT2D eigenvalue weighted by molar-refractivity contribution is 7.90. The molecule has 1 aromatic rings. The smallest absolute Gasteiger partial charge is 0.319 e. The average molecular weight is 314 g/mol. The molecule has 0 aliphatic rings. The molecule has 0 aliphatic heterocycles. The van der Waals surface area contributed by atoms with Crippen LogP contribution in [0.25, 0.3) is 0 Å². The number of carbonyl (C=O) groups excluding carboxylic acids is 1. The van der Waals surface area contributed by atoms with Crippen LogP contribution in [0.1, 0.15) is 12.5 Å². The summed E-state index contributed by atoms with van der Waals surface area (Å²) in [6, 6.07) is 5.34. The molecule has 8 heteroatoms. The standard InChI is InChI=1S/C13H18N2O5S/c1-9(8-21(2,19)20)14-13(18)15-11-5-3-10(4-6-11)7-12(16)17/h3-6,9H,7-8H2,1-2H3,(H,16,17)(H2,14,15,18). The van der Waals surface area contributed by atoms with Gasteiger partial charge in [-0.3, -0.25) is 4.79 Å². The second-order valence-corrected chi connectivity index (χ2v) is 7.04. The first-order valence-electron chi connectivity index (χ1n) is 6.21. The van der Waals surface area contributed by atoms with E-state index in [4.69, 9.17) is 5.11 Å². The van der Waals surface area contributed by atoms with Gasteiger partial charge in [0.05, 0.1) is 12.2 Å². The highest BCUT2D eigenvalue weighted by Crippen LogP contribution is 2.10. The number of aliphatic carboxylic acids is 1. The van der Waals surface area contributed by atoms with Crippen molar-refractivity contribution >= 4 is 27.5 Å². The Morgan fingerprint density at radius 1 is 1.24 bits per heavy atom. The first-order chi connectivity index (χ1) is 9.65. The summed E-state index contributed by atoms with van der Waals surface area (Å²) in [6.07, 6.45) is 1.02. The largest absolute Gasteiger partial charge is 0.481 e. The number of nitrogens with one attached hydrogen (secondary N) is 2. The number of amides is 2. The molecular formula is C13H18N2O5S. The highest BCUT2D eigenvalue weighted by atomic mass is 32.2. The van der Waals surface area contributed by atoms with Gasteiger partial charge in [-0.2, -0.15) is 0 Å². The van der Waals surface area contributed by atoms with Crippen molar-refractivity contribution in [1.82, 2.24) is 5.32 Å².